The van der Waals surface area contributed by atoms with Crippen molar-refractivity contribution in [3.05, 3.63) is 29.8 Å². The molecule has 2 heterocycles. The van der Waals surface area contributed by atoms with Crippen LogP contribution in [-0.4, -0.2) is 35.7 Å². The van der Waals surface area contributed by atoms with Crippen LogP contribution in [0.3, 0.4) is 0 Å². The molecule has 2 aliphatic rings. The Balaban J connectivity index is 1.59. The highest BCUT2D eigenvalue weighted by Crippen LogP contribution is 2.27. The molecule has 0 aromatic heterocycles. The summed E-state index contributed by atoms with van der Waals surface area (Å²) in [6.45, 7) is 4.56. The van der Waals surface area contributed by atoms with Crippen molar-refractivity contribution in [2.45, 2.75) is 25.4 Å². The second-order valence-electron chi connectivity index (χ2n) is 5.25. The number of phenols is 1. The Kier molecular flexibility index (Phi) is 3.04. The minimum Gasteiger partial charge on any atom is -0.508 e. The molecular formula is C14H20N2O. The molecule has 92 valence electrons. The number of piperidine rings is 1. The molecule has 0 radical (unpaired) electrons. The molecule has 3 unspecified atom stereocenters. The van der Waals surface area contributed by atoms with Gasteiger partial charge in [-0.05, 0) is 37.9 Å². The lowest BCUT2D eigenvalue weighted by Gasteiger charge is -2.31. The van der Waals surface area contributed by atoms with E-state index in [0.29, 0.717) is 11.8 Å². The standard InChI is InChI=1S/C14H20N2O/c17-14-4-2-1-3-11(14)9-15-13-6-8-16-7-5-12(13)10-16/h1-4,12-13,15,17H,5-10H2. The first-order chi connectivity index (χ1) is 8.33. The van der Waals surface area contributed by atoms with E-state index in [2.05, 4.69) is 10.2 Å². The lowest BCUT2D eigenvalue weighted by Crippen LogP contribution is -2.43. The summed E-state index contributed by atoms with van der Waals surface area (Å²) in [6, 6.07) is 8.23. The maximum atomic E-state index is 9.72. The molecule has 0 spiro atoms. The third-order valence-corrected chi connectivity index (χ3v) is 4.18. The number of aromatic hydroxyl groups is 1. The summed E-state index contributed by atoms with van der Waals surface area (Å²) in [5, 5.41) is 13.3. The fourth-order valence-corrected chi connectivity index (χ4v) is 3.12. The molecule has 0 amide bonds. The van der Waals surface area contributed by atoms with Crippen LogP contribution in [-0.2, 0) is 6.54 Å². The van der Waals surface area contributed by atoms with E-state index >= 15 is 0 Å². The van der Waals surface area contributed by atoms with E-state index in [1.807, 2.05) is 18.2 Å². The van der Waals surface area contributed by atoms with Crippen LogP contribution in [0.25, 0.3) is 0 Å². The fraction of sp³-hybridized carbons (Fsp3) is 0.571. The predicted molar refractivity (Wildman–Crippen MR) is 67.9 cm³/mol. The third-order valence-electron chi connectivity index (χ3n) is 4.18. The Hall–Kier alpha value is -1.06. The van der Waals surface area contributed by atoms with Crippen LogP contribution in [0.1, 0.15) is 18.4 Å². The quantitative estimate of drug-likeness (QED) is 0.830. The van der Waals surface area contributed by atoms with Gasteiger partial charge in [-0.2, -0.15) is 0 Å². The van der Waals surface area contributed by atoms with Crippen molar-refractivity contribution in [1.29, 1.82) is 0 Å². The molecule has 3 heteroatoms. The van der Waals surface area contributed by atoms with Crippen molar-refractivity contribution < 1.29 is 5.11 Å². The van der Waals surface area contributed by atoms with Crippen molar-refractivity contribution in [1.82, 2.24) is 10.2 Å². The summed E-state index contributed by atoms with van der Waals surface area (Å²) in [4.78, 5) is 2.56. The van der Waals surface area contributed by atoms with Gasteiger partial charge in [0.15, 0.2) is 0 Å². The second-order valence-corrected chi connectivity index (χ2v) is 5.25. The topological polar surface area (TPSA) is 35.5 Å². The summed E-state index contributed by atoms with van der Waals surface area (Å²) >= 11 is 0. The van der Waals surface area contributed by atoms with Gasteiger partial charge < -0.3 is 15.3 Å². The molecule has 2 fully saturated rings. The van der Waals surface area contributed by atoms with Gasteiger partial charge in [0, 0.05) is 24.7 Å². The summed E-state index contributed by atoms with van der Waals surface area (Å²) in [7, 11) is 0. The second kappa shape index (κ2) is 4.67. The zero-order chi connectivity index (χ0) is 11.7. The Morgan fingerprint density at radius 1 is 1.24 bits per heavy atom. The molecule has 17 heavy (non-hydrogen) atoms. The van der Waals surface area contributed by atoms with Crippen molar-refractivity contribution in [3.63, 3.8) is 0 Å². The first kappa shape index (κ1) is 11.1. The summed E-state index contributed by atoms with van der Waals surface area (Å²) in [5.41, 5.74) is 1.01. The minimum atomic E-state index is 0.406. The molecule has 3 atom stereocenters. The number of hydrogen-bond donors (Lipinski definition) is 2. The maximum Gasteiger partial charge on any atom is 0.120 e. The molecule has 2 aliphatic heterocycles. The summed E-state index contributed by atoms with van der Waals surface area (Å²) < 4.78 is 0. The van der Waals surface area contributed by atoms with E-state index in [9.17, 15) is 5.11 Å². The molecule has 1 aromatic carbocycles. The van der Waals surface area contributed by atoms with Crippen molar-refractivity contribution in [3.8, 4) is 5.75 Å². The predicted octanol–water partition coefficient (Wildman–Crippen LogP) is 1.58. The van der Waals surface area contributed by atoms with Gasteiger partial charge in [0.2, 0.25) is 0 Å². The lowest BCUT2D eigenvalue weighted by atomic mass is 9.94. The van der Waals surface area contributed by atoms with Crippen LogP contribution in [0.5, 0.6) is 5.75 Å². The Labute approximate surface area is 102 Å². The highest BCUT2D eigenvalue weighted by atomic mass is 16.3. The van der Waals surface area contributed by atoms with E-state index in [0.717, 1.165) is 18.0 Å². The SMILES string of the molecule is Oc1ccccc1CNC1CCN2CCC1C2. The molecule has 0 aliphatic carbocycles. The minimum absolute atomic E-state index is 0.406. The average Bonchev–Trinajstić information content (AvgIpc) is 2.73. The smallest absolute Gasteiger partial charge is 0.120 e. The zero-order valence-electron chi connectivity index (χ0n) is 10.1. The molecule has 1 aromatic rings. The average molecular weight is 232 g/mol. The van der Waals surface area contributed by atoms with E-state index in [-0.39, 0.29) is 0 Å². The van der Waals surface area contributed by atoms with Gasteiger partial charge in [-0.15, -0.1) is 0 Å². The Morgan fingerprint density at radius 3 is 2.94 bits per heavy atom. The van der Waals surface area contributed by atoms with Gasteiger partial charge >= 0.3 is 0 Å². The van der Waals surface area contributed by atoms with Crippen LogP contribution in [0.15, 0.2) is 24.3 Å². The van der Waals surface area contributed by atoms with Crippen molar-refractivity contribution in [2.75, 3.05) is 19.6 Å². The Morgan fingerprint density at radius 2 is 2.06 bits per heavy atom. The molecule has 2 bridgehead atoms. The van der Waals surface area contributed by atoms with E-state index < -0.39 is 0 Å². The Bertz CT molecular complexity index is 394. The number of hydrogen-bond acceptors (Lipinski definition) is 3. The van der Waals surface area contributed by atoms with Gasteiger partial charge in [0.1, 0.15) is 5.75 Å². The van der Waals surface area contributed by atoms with Gasteiger partial charge in [-0.1, -0.05) is 18.2 Å². The van der Waals surface area contributed by atoms with Crippen LogP contribution in [0.2, 0.25) is 0 Å². The number of benzene rings is 1. The highest BCUT2D eigenvalue weighted by Gasteiger charge is 2.33. The first-order valence-corrected chi connectivity index (χ1v) is 6.55. The molecular weight excluding hydrogens is 212 g/mol. The summed E-state index contributed by atoms with van der Waals surface area (Å²) in [6.07, 6.45) is 2.58. The molecule has 0 saturated carbocycles. The molecule has 2 N–H and O–H groups in total. The zero-order valence-corrected chi connectivity index (χ0v) is 10.1. The van der Waals surface area contributed by atoms with E-state index in [1.165, 1.54) is 32.5 Å². The number of para-hydroxylation sites is 1. The van der Waals surface area contributed by atoms with Crippen LogP contribution < -0.4 is 5.32 Å². The van der Waals surface area contributed by atoms with E-state index in [4.69, 9.17) is 0 Å². The van der Waals surface area contributed by atoms with Crippen LogP contribution >= 0.6 is 0 Å². The summed E-state index contributed by atoms with van der Waals surface area (Å²) in [5.74, 6) is 1.22. The monoisotopic (exact) mass is 232 g/mol. The normalized spacial score (nSPS) is 31.6. The third kappa shape index (κ3) is 2.31. The van der Waals surface area contributed by atoms with Gasteiger partial charge in [0.25, 0.3) is 0 Å². The van der Waals surface area contributed by atoms with Crippen LogP contribution in [0.4, 0.5) is 0 Å². The number of nitrogens with one attached hydrogen (secondary N) is 1. The molecule has 3 nitrogen and oxygen atoms in total. The van der Waals surface area contributed by atoms with Crippen molar-refractivity contribution >= 4 is 0 Å². The lowest BCUT2D eigenvalue weighted by molar-refractivity contribution is 0.220. The van der Waals surface area contributed by atoms with Gasteiger partial charge in [0.05, 0.1) is 0 Å². The van der Waals surface area contributed by atoms with Gasteiger partial charge in [-0.3, -0.25) is 0 Å². The number of phenolic OH excluding ortho intramolecular Hbond substituents is 1. The number of nitrogens with zero attached hydrogens (tertiary/aromatic N) is 1. The van der Waals surface area contributed by atoms with Crippen molar-refractivity contribution in [2.24, 2.45) is 5.92 Å². The van der Waals surface area contributed by atoms with Gasteiger partial charge in [-0.25, -0.2) is 0 Å². The first-order valence-electron chi connectivity index (χ1n) is 6.55. The highest BCUT2D eigenvalue weighted by molar-refractivity contribution is 5.31. The largest absolute Gasteiger partial charge is 0.508 e. The number of fused-ring (bicyclic) bond motifs is 2. The fourth-order valence-electron chi connectivity index (χ4n) is 3.12. The number of rotatable bonds is 3. The van der Waals surface area contributed by atoms with E-state index in [1.54, 1.807) is 6.07 Å². The molecule has 2 saturated heterocycles. The van der Waals surface area contributed by atoms with Crippen LogP contribution in [0, 0.1) is 5.92 Å². The molecule has 3 rings (SSSR count). The maximum absolute atomic E-state index is 9.72.